The number of nitrogens with one attached hydrogen (secondary N) is 1. The molecule has 1 aliphatic heterocycles. The normalized spacial score (nSPS) is 13.0. The molecule has 3 aromatic rings. The van der Waals surface area contributed by atoms with Crippen molar-refractivity contribution in [3.8, 4) is 5.75 Å². The van der Waals surface area contributed by atoms with Gasteiger partial charge < -0.3 is 15.0 Å². The molecule has 0 saturated heterocycles. The Kier molecular flexibility index (Phi) is 5.60. The molecule has 29 heavy (non-hydrogen) atoms. The van der Waals surface area contributed by atoms with Crippen molar-refractivity contribution in [3.05, 3.63) is 69.8 Å². The maximum absolute atomic E-state index is 6.42. The molecule has 0 bridgehead atoms. The van der Waals surface area contributed by atoms with Crippen molar-refractivity contribution in [2.75, 3.05) is 30.4 Å². The van der Waals surface area contributed by atoms with E-state index in [0.717, 1.165) is 40.5 Å². The predicted octanol–water partition coefficient (Wildman–Crippen LogP) is 5.92. The smallest absolute Gasteiger partial charge is 0.229 e. The lowest BCUT2D eigenvalue weighted by Gasteiger charge is -2.30. The molecular formula is C22H20Cl2N4O. The SMILES string of the molecule is CCN1CC(c2c(Cl)cccc2Cl)=Cc2cnc(Nc3ccc(OC)cc3)nc21. The molecule has 0 atom stereocenters. The lowest BCUT2D eigenvalue weighted by molar-refractivity contribution is 0.415. The van der Waals surface area contributed by atoms with E-state index < -0.39 is 0 Å². The zero-order valence-electron chi connectivity index (χ0n) is 16.1. The van der Waals surface area contributed by atoms with Gasteiger partial charge >= 0.3 is 0 Å². The number of fused-ring (bicyclic) bond motifs is 1. The molecule has 0 fully saturated rings. The maximum atomic E-state index is 6.42. The van der Waals surface area contributed by atoms with E-state index >= 15 is 0 Å². The summed E-state index contributed by atoms with van der Waals surface area (Å²) in [4.78, 5) is 11.4. The summed E-state index contributed by atoms with van der Waals surface area (Å²) in [5, 5.41) is 4.53. The molecule has 1 aromatic heterocycles. The minimum atomic E-state index is 0.542. The van der Waals surface area contributed by atoms with Crippen molar-refractivity contribution in [1.82, 2.24) is 9.97 Å². The summed E-state index contributed by atoms with van der Waals surface area (Å²) in [5.41, 5.74) is 3.74. The highest BCUT2D eigenvalue weighted by atomic mass is 35.5. The zero-order chi connectivity index (χ0) is 20.4. The van der Waals surface area contributed by atoms with Gasteiger partial charge in [-0.3, -0.25) is 0 Å². The number of nitrogens with zero attached hydrogens (tertiary/aromatic N) is 3. The van der Waals surface area contributed by atoms with Crippen LogP contribution in [0, 0.1) is 0 Å². The van der Waals surface area contributed by atoms with E-state index in [1.54, 1.807) is 7.11 Å². The third-order valence-electron chi connectivity index (χ3n) is 4.80. The van der Waals surface area contributed by atoms with Gasteiger partial charge in [0.05, 0.1) is 7.11 Å². The van der Waals surface area contributed by atoms with E-state index in [0.29, 0.717) is 22.5 Å². The maximum Gasteiger partial charge on any atom is 0.229 e. The van der Waals surface area contributed by atoms with Crippen molar-refractivity contribution < 1.29 is 4.74 Å². The average Bonchev–Trinajstić information content (AvgIpc) is 2.73. The first-order valence-corrected chi connectivity index (χ1v) is 10.0. The van der Waals surface area contributed by atoms with Gasteiger partial charge in [0.1, 0.15) is 11.6 Å². The minimum absolute atomic E-state index is 0.542. The van der Waals surface area contributed by atoms with Gasteiger partial charge in [-0.1, -0.05) is 29.3 Å². The monoisotopic (exact) mass is 426 g/mol. The molecule has 2 aromatic carbocycles. The molecule has 2 heterocycles. The van der Waals surface area contributed by atoms with E-state index in [4.69, 9.17) is 32.9 Å². The number of hydrogen-bond donors (Lipinski definition) is 1. The number of halogens is 2. The van der Waals surface area contributed by atoms with Crippen LogP contribution in [0.15, 0.2) is 48.7 Å². The van der Waals surface area contributed by atoms with Crippen LogP contribution in [0.4, 0.5) is 17.5 Å². The van der Waals surface area contributed by atoms with Crippen LogP contribution < -0.4 is 15.0 Å². The number of rotatable bonds is 5. The lowest BCUT2D eigenvalue weighted by atomic mass is 9.99. The van der Waals surface area contributed by atoms with Gasteiger partial charge in [0.15, 0.2) is 0 Å². The number of hydrogen-bond acceptors (Lipinski definition) is 5. The van der Waals surface area contributed by atoms with Crippen molar-refractivity contribution >= 4 is 52.3 Å². The fourth-order valence-corrected chi connectivity index (χ4v) is 3.97. The molecule has 148 valence electrons. The predicted molar refractivity (Wildman–Crippen MR) is 121 cm³/mol. The molecule has 0 amide bonds. The number of methoxy groups -OCH3 is 1. The number of anilines is 3. The molecule has 0 aliphatic carbocycles. The van der Waals surface area contributed by atoms with E-state index in [9.17, 15) is 0 Å². The van der Waals surface area contributed by atoms with Crippen LogP contribution in [0.2, 0.25) is 10.0 Å². The number of ether oxygens (including phenoxy) is 1. The highest BCUT2D eigenvalue weighted by molar-refractivity contribution is 6.38. The highest BCUT2D eigenvalue weighted by Gasteiger charge is 2.22. The molecule has 5 nitrogen and oxygen atoms in total. The van der Waals surface area contributed by atoms with Crippen molar-refractivity contribution in [1.29, 1.82) is 0 Å². The summed E-state index contributed by atoms with van der Waals surface area (Å²) >= 11 is 12.8. The van der Waals surface area contributed by atoms with E-state index in [1.165, 1.54) is 0 Å². The standard InChI is InChI=1S/C22H20Cl2N4O/c1-3-28-13-15(20-18(23)5-4-6-19(20)24)11-14-12-25-22(27-21(14)28)26-16-7-9-17(29-2)10-8-16/h4-12H,3,13H2,1-2H3,(H,25,26,27). The number of benzene rings is 2. The second-order valence-corrected chi connectivity index (χ2v) is 7.42. The van der Waals surface area contributed by atoms with E-state index in [2.05, 4.69) is 28.2 Å². The first kappa shape index (κ1) is 19.6. The van der Waals surface area contributed by atoms with Crippen molar-refractivity contribution in [2.24, 2.45) is 0 Å². The van der Waals surface area contributed by atoms with Crippen LogP contribution in [0.5, 0.6) is 5.75 Å². The van der Waals surface area contributed by atoms with Gasteiger partial charge in [-0.2, -0.15) is 4.98 Å². The molecule has 7 heteroatoms. The molecular weight excluding hydrogens is 407 g/mol. The lowest BCUT2D eigenvalue weighted by Crippen LogP contribution is -2.29. The average molecular weight is 427 g/mol. The van der Waals surface area contributed by atoms with Gasteiger partial charge in [0, 0.05) is 46.1 Å². The van der Waals surface area contributed by atoms with Crippen LogP contribution >= 0.6 is 23.2 Å². The van der Waals surface area contributed by atoms with E-state index in [-0.39, 0.29) is 0 Å². The Bertz CT molecular complexity index is 1050. The summed E-state index contributed by atoms with van der Waals surface area (Å²) in [5.74, 6) is 2.22. The Morgan fingerprint density at radius 1 is 1.10 bits per heavy atom. The summed E-state index contributed by atoms with van der Waals surface area (Å²) in [6.45, 7) is 3.57. The fraction of sp³-hybridized carbons (Fsp3) is 0.182. The summed E-state index contributed by atoms with van der Waals surface area (Å²) < 4.78 is 5.19. The van der Waals surface area contributed by atoms with Crippen LogP contribution in [-0.2, 0) is 0 Å². The van der Waals surface area contributed by atoms with Crippen LogP contribution in [0.1, 0.15) is 18.1 Å². The van der Waals surface area contributed by atoms with Crippen molar-refractivity contribution in [2.45, 2.75) is 6.92 Å². The van der Waals surface area contributed by atoms with Gasteiger partial charge in [-0.15, -0.1) is 0 Å². The molecule has 0 saturated carbocycles. The molecule has 0 spiro atoms. The Labute approximate surface area is 180 Å². The molecule has 0 unspecified atom stereocenters. The zero-order valence-corrected chi connectivity index (χ0v) is 17.6. The van der Waals surface area contributed by atoms with Crippen molar-refractivity contribution in [3.63, 3.8) is 0 Å². The van der Waals surface area contributed by atoms with Crippen LogP contribution in [-0.4, -0.2) is 30.2 Å². The van der Waals surface area contributed by atoms with E-state index in [1.807, 2.05) is 48.7 Å². The fourth-order valence-electron chi connectivity index (χ4n) is 3.33. The van der Waals surface area contributed by atoms with Gasteiger partial charge in [-0.25, -0.2) is 4.98 Å². The second kappa shape index (κ2) is 8.31. The Hall–Kier alpha value is -2.76. The number of aromatic nitrogens is 2. The highest BCUT2D eigenvalue weighted by Crippen LogP contribution is 2.37. The van der Waals surface area contributed by atoms with Gasteiger partial charge in [0.2, 0.25) is 5.95 Å². The Morgan fingerprint density at radius 2 is 1.83 bits per heavy atom. The molecule has 4 rings (SSSR count). The third-order valence-corrected chi connectivity index (χ3v) is 5.43. The van der Waals surface area contributed by atoms with Gasteiger partial charge in [0.25, 0.3) is 0 Å². The molecule has 1 aliphatic rings. The van der Waals surface area contributed by atoms with Crippen LogP contribution in [0.3, 0.4) is 0 Å². The first-order chi connectivity index (χ1) is 14.1. The topological polar surface area (TPSA) is 50.3 Å². The minimum Gasteiger partial charge on any atom is -0.497 e. The third kappa shape index (κ3) is 4.02. The second-order valence-electron chi connectivity index (χ2n) is 6.61. The van der Waals surface area contributed by atoms with Crippen LogP contribution in [0.25, 0.3) is 11.6 Å². The number of likely N-dealkylation sites (N-methyl/N-ethyl adjacent to an activating group) is 1. The quantitative estimate of drug-likeness (QED) is 0.548. The largest absolute Gasteiger partial charge is 0.497 e. The Balaban J connectivity index is 1.67. The summed E-state index contributed by atoms with van der Waals surface area (Å²) in [6.07, 6.45) is 3.88. The summed E-state index contributed by atoms with van der Waals surface area (Å²) in [6, 6.07) is 13.2. The molecule has 1 N–H and O–H groups in total. The Morgan fingerprint density at radius 3 is 2.48 bits per heavy atom. The summed E-state index contributed by atoms with van der Waals surface area (Å²) in [7, 11) is 1.64. The first-order valence-electron chi connectivity index (χ1n) is 9.27. The molecule has 0 radical (unpaired) electrons. The van der Waals surface area contributed by atoms with Gasteiger partial charge in [-0.05, 0) is 55.0 Å².